The Kier molecular flexibility index (Phi) is 3.33. The molecule has 3 N–H and O–H groups in total. The van der Waals surface area contributed by atoms with Crippen LogP contribution in [0.25, 0.3) is 0 Å². The summed E-state index contributed by atoms with van der Waals surface area (Å²) in [7, 11) is 0. The summed E-state index contributed by atoms with van der Waals surface area (Å²) >= 11 is 3.02. The van der Waals surface area contributed by atoms with Crippen molar-refractivity contribution in [3.05, 3.63) is 61.1 Å². The highest BCUT2D eigenvalue weighted by Crippen LogP contribution is 2.14. The number of halogens is 2. The number of hydrogen-bond donors (Lipinski definition) is 2. The Bertz CT molecular complexity index is 708. The molecule has 0 bridgehead atoms. The summed E-state index contributed by atoms with van der Waals surface area (Å²) in [6, 6.07) is 3.92. The van der Waals surface area contributed by atoms with E-state index in [1.165, 1.54) is 29.0 Å². The molecule has 1 aromatic heterocycles. The maximum atomic E-state index is 13.1. The molecule has 0 spiro atoms. The quantitative estimate of drug-likeness (QED) is 0.814. The lowest BCUT2D eigenvalue weighted by Gasteiger charge is -2.08. The number of aromatic nitrogens is 2. The molecule has 0 aliphatic heterocycles. The lowest BCUT2D eigenvalue weighted by atomic mass is 10.2. The average molecular weight is 314 g/mol. The molecule has 2 rings (SSSR count). The predicted molar refractivity (Wildman–Crippen MR) is 68.9 cm³/mol. The monoisotopic (exact) mass is 313 g/mol. The Morgan fingerprint density at radius 3 is 2.83 bits per heavy atom. The minimum atomic E-state index is -0.577. The van der Waals surface area contributed by atoms with Gasteiger partial charge in [0.05, 0.1) is 11.0 Å². The number of hydrogen-bond acceptors (Lipinski definition) is 3. The van der Waals surface area contributed by atoms with Gasteiger partial charge in [-0.15, -0.1) is 0 Å². The third-order valence-corrected chi connectivity index (χ3v) is 2.98. The molecule has 18 heavy (non-hydrogen) atoms. The molecule has 0 amide bonds. The summed E-state index contributed by atoms with van der Waals surface area (Å²) in [5.74, 6) is -0.435. The highest BCUT2D eigenvalue weighted by atomic mass is 79.9. The molecule has 0 saturated carbocycles. The van der Waals surface area contributed by atoms with Crippen LogP contribution in [-0.2, 0) is 6.54 Å². The van der Waals surface area contributed by atoms with Gasteiger partial charge >= 0.3 is 5.69 Å². The van der Waals surface area contributed by atoms with E-state index in [4.69, 9.17) is 5.73 Å². The Hall–Kier alpha value is -1.89. The lowest BCUT2D eigenvalue weighted by Crippen LogP contribution is -2.30. The van der Waals surface area contributed by atoms with Crippen LogP contribution in [0.5, 0.6) is 0 Å². The van der Waals surface area contributed by atoms with Crippen LogP contribution in [0.1, 0.15) is 5.56 Å². The molecule has 0 atom stereocenters. The third-order valence-electron chi connectivity index (χ3n) is 2.41. The maximum absolute atomic E-state index is 13.1. The van der Waals surface area contributed by atoms with Gasteiger partial charge in [0.1, 0.15) is 5.82 Å². The molecular weight excluding hydrogens is 305 g/mol. The molecule has 0 saturated heterocycles. The van der Waals surface area contributed by atoms with Crippen LogP contribution in [0.4, 0.5) is 10.1 Å². The first-order chi connectivity index (χ1) is 8.47. The van der Waals surface area contributed by atoms with Crippen molar-refractivity contribution in [3.63, 3.8) is 0 Å². The van der Waals surface area contributed by atoms with Crippen molar-refractivity contribution < 1.29 is 4.39 Å². The van der Waals surface area contributed by atoms with Crippen LogP contribution in [0.15, 0.2) is 38.5 Å². The summed E-state index contributed by atoms with van der Waals surface area (Å²) in [6.07, 6.45) is 1.34. The second-order valence-electron chi connectivity index (χ2n) is 3.71. The van der Waals surface area contributed by atoms with Crippen LogP contribution in [0.2, 0.25) is 0 Å². The summed E-state index contributed by atoms with van der Waals surface area (Å²) in [6.45, 7) is 0.0812. The lowest BCUT2D eigenvalue weighted by molar-refractivity contribution is 0.622. The molecule has 0 unspecified atom stereocenters. The van der Waals surface area contributed by atoms with Crippen LogP contribution in [0.3, 0.4) is 0 Å². The molecule has 2 aromatic rings. The van der Waals surface area contributed by atoms with Crippen molar-refractivity contribution in [1.29, 1.82) is 0 Å². The average Bonchev–Trinajstić information content (AvgIpc) is 2.30. The van der Waals surface area contributed by atoms with E-state index in [9.17, 15) is 14.0 Å². The number of H-pyrrole nitrogens is 1. The summed E-state index contributed by atoms with van der Waals surface area (Å²) in [5.41, 5.74) is 5.45. The van der Waals surface area contributed by atoms with Gasteiger partial charge in [-0.3, -0.25) is 14.3 Å². The van der Waals surface area contributed by atoms with E-state index >= 15 is 0 Å². The Labute approximate surface area is 109 Å². The summed E-state index contributed by atoms with van der Waals surface area (Å²) in [4.78, 5) is 24.8. The zero-order chi connectivity index (χ0) is 13.3. The number of nitrogen functional groups attached to an aromatic ring is 1. The molecule has 0 aliphatic rings. The van der Waals surface area contributed by atoms with E-state index in [2.05, 4.69) is 20.9 Å². The number of rotatable bonds is 2. The van der Waals surface area contributed by atoms with Crippen molar-refractivity contribution in [3.8, 4) is 0 Å². The number of anilines is 1. The van der Waals surface area contributed by atoms with Gasteiger partial charge in [0.15, 0.2) is 0 Å². The van der Waals surface area contributed by atoms with E-state index in [0.717, 1.165) is 0 Å². The van der Waals surface area contributed by atoms with Crippen molar-refractivity contribution in [2.75, 3.05) is 5.73 Å². The molecule has 7 heteroatoms. The number of benzene rings is 1. The minimum Gasteiger partial charge on any atom is -0.398 e. The molecule has 0 fully saturated rings. The van der Waals surface area contributed by atoms with E-state index in [1.807, 2.05) is 0 Å². The van der Waals surface area contributed by atoms with Gasteiger partial charge in [-0.1, -0.05) is 0 Å². The fourth-order valence-corrected chi connectivity index (χ4v) is 1.84. The van der Waals surface area contributed by atoms with Gasteiger partial charge in [0, 0.05) is 11.9 Å². The first kappa shape index (κ1) is 12.6. The predicted octanol–water partition coefficient (Wildman–Crippen LogP) is 1.07. The molecular formula is C11H9BrFN3O2. The fourth-order valence-electron chi connectivity index (χ4n) is 1.49. The SMILES string of the molecule is Nc1ccc(F)cc1Cn1cc(Br)c(=O)[nH]c1=O. The molecule has 0 aliphatic carbocycles. The standard InChI is InChI=1S/C11H9BrFN3O2/c12-8-5-16(11(18)15-10(8)17)4-6-3-7(13)1-2-9(6)14/h1-3,5H,4,14H2,(H,15,17,18). The van der Waals surface area contributed by atoms with E-state index in [-0.39, 0.29) is 11.0 Å². The molecule has 0 radical (unpaired) electrons. The second-order valence-corrected chi connectivity index (χ2v) is 4.56. The van der Waals surface area contributed by atoms with Crippen molar-refractivity contribution >= 4 is 21.6 Å². The van der Waals surface area contributed by atoms with Crippen molar-refractivity contribution in [1.82, 2.24) is 9.55 Å². The van der Waals surface area contributed by atoms with Gasteiger partial charge in [0.25, 0.3) is 5.56 Å². The summed E-state index contributed by atoms with van der Waals surface area (Å²) < 4.78 is 14.5. The largest absolute Gasteiger partial charge is 0.398 e. The normalized spacial score (nSPS) is 10.6. The van der Waals surface area contributed by atoms with E-state index in [1.54, 1.807) is 0 Å². The van der Waals surface area contributed by atoms with Crippen molar-refractivity contribution in [2.45, 2.75) is 6.54 Å². The van der Waals surface area contributed by atoms with Gasteiger partial charge in [-0.25, -0.2) is 9.18 Å². The number of aromatic amines is 1. The van der Waals surface area contributed by atoms with Gasteiger partial charge in [-0.2, -0.15) is 0 Å². The van der Waals surface area contributed by atoms with Crippen LogP contribution >= 0.6 is 15.9 Å². The maximum Gasteiger partial charge on any atom is 0.328 e. The molecule has 94 valence electrons. The smallest absolute Gasteiger partial charge is 0.328 e. The first-order valence-electron chi connectivity index (χ1n) is 5.00. The highest BCUT2D eigenvalue weighted by Gasteiger charge is 2.06. The number of nitrogens with one attached hydrogen (secondary N) is 1. The molecule has 1 heterocycles. The third kappa shape index (κ3) is 2.51. The Morgan fingerprint density at radius 2 is 2.11 bits per heavy atom. The zero-order valence-electron chi connectivity index (χ0n) is 9.11. The first-order valence-corrected chi connectivity index (χ1v) is 5.80. The van der Waals surface area contributed by atoms with Crippen LogP contribution in [-0.4, -0.2) is 9.55 Å². The van der Waals surface area contributed by atoms with Gasteiger partial charge in [-0.05, 0) is 39.7 Å². The zero-order valence-corrected chi connectivity index (χ0v) is 10.7. The number of nitrogens with zero attached hydrogens (tertiary/aromatic N) is 1. The van der Waals surface area contributed by atoms with Crippen LogP contribution < -0.4 is 17.0 Å². The Balaban J connectivity index is 2.46. The van der Waals surface area contributed by atoms with Crippen molar-refractivity contribution in [2.24, 2.45) is 0 Å². The van der Waals surface area contributed by atoms with Gasteiger partial charge in [0.2, 0.25) is 0 Å². The van der Waals surface area contributed by atoms with E-state index < -0.39 is 17.1 Å². The second kappa shape index (κ2) is 4.77. The highest BCUT2D eigenvalue weighted by molar-refractivity contribution is 9.10. The van der Waals surface area contributed by atoms with Gasteiger partial charge < -0.3 is 5.73 Å². The Morgan fingerprint density at radius 1 is 1.39 bits per heavy atom. The molecule has 5 nitrogen and oxygen atoms in total. The van der Waals surface area contributed by atoms with E-state index in [0.29, 0.717) is 11.3 Å². The summed E-state index contributed by atoms with van der Waals surface area (Å²) in [5, 5.41) is 0. The molecule has 1 aromatic carbocycles. The van der Waals surface area contributed by atoms with Crippen LogP contribution in [0, 0.1) is 5.82 Å². The topological polar surface area (TPSA) is 80.9 Å². The fraction of sp³-hybridized carbons (Fsp3) is 0.0909. The minimum absolute atomic E-state index is 0.0812. The number of nitrogens with two attached hydrogens (primary N) is 1.